The number of morpholine rings is 1. The Bertz CT molecular complexity index is 1380. The first-order valence-corrected chi connectivity index (χ1v) is 13.1. The highest BCUT2D eigenvalue weighted by molar-refractivity contribution is 6.00. The summed E-state index contributed by atoms with van der Waals surface area (Å²) in [4.78, 5) is 25.7. The number of benzene rings is 1. The van der Waals surface area contributed by atoms with Gasteiger partial charge in [0.2, 0.25) is 0 Å². The molecule has 0 bridgehead atoms. The number of hydrogen-bond donors (Lipinski definition) is 3. The zero-order chi connectivity index (χ0) is 26.1. The molecular weight excluding hydrogens is 486 g/mol. The highest BCUT2D eigenvalue weighted by atomic mass is 16.6. The molecule has 0 unspecified atom stereocenters. The van der Waals surface area contributed by atoms with Gasteiger partial charge in [0.25, 0.3) is 5.91 Å². The number of nitrogens with one attached hydrogen (secondary N) is 3. The van der Waals surface area contributed by atoms with E-state index >= 15 is 0 Å². The highest BCUT2D eigenvalue weighted by Gasteiger charge is 2.31. The number of aromatic amines is 1. The van der Waals surface area contributed by atoms with Crippen molar-refractivity contribution in [1.29, 1.82) is 5.26 Å². The molecule has 6 rings (SSSR count). The fourth-order valence-corrected chi connectivity index (χ4v) is 5.57. The number of nitriles is 1. The van der Waals surface area contributed by atoms with E-state index in [1.165, 1.54) is 0 Å². The van der Waals surface area contributed by atoms with Gasteiger partial charge in [-0.15, -0.1) is 0 Å². The fraction of sp³-hybridized carbons (Fsp3) is 0.444. The Morgan fingerprint density at radius 2 is 1.84 bits per heavy atom. The maximum absolute atomic E-state index is 13.6. The third kappa shape index (κ3) is 4.46. The molecule has 0 aliphatic carbocycles. The van der Waals surface area contributed by atoms with Crippen LogP contribution in [-0.4, -0.2) is 91.4 Å². The van der Waals surface area contributed by atoms with E-state index in [1.54, 1.807) is 19.3 Å². The molecule has 1 amide bonds. The van der Waals surface area contributed by atoms with Crippen LogP contribution >= 0.6 is 0 Å². The van der Waals surface area contributed by atoms with Crippen LogP contribution in [0.15, 0.2) is 24.4 Å². The lowest BCUT2D eigenvalue weighted by Crippen LogP contribution is -2.50. The molecule has 0 radical (unpaired) electrons. The second-order valence-corrected chi connectivity index (χ2v) is 9.66. The maximum atomic E-state index is 13.6. The van der Waals surface area contributed by atoms with Gasteiger partial charge in [-0.05, 0) is 25.0 Å². The molecule has 3 aromatic rings. The van der Waals surface area contributed by atoms with Crippen molar-refractivity contribution in [2.45, 2.75) is 18.9 Å². The van der Waals surface area contributed by atoms with E-state index in [1.807, 2.05) is 17.0 Å². The molecule has 3 aliphatic rings. The van der Waals surface area contributed by atoms with Gasteiger partial charge >= 0.3 is 0 Å². The van der Waals surface area contributed by atoms with Gasteiger partial charge in [-0.3, -0.25) is 9.69 Å². The minimum absolute atomic E-state index is 0.0360. The molecular formula is C27H31N7O4. The molecule has 0 spiro atoms. The Labute approximate surface area is 220 Å². The van der Waals surface area contributed by atoms with Gasteiger partial charge in [0, 0.05) is 57.2 Å². The van der Waals surface area contributed by atoms with E-state index in [0.29, 0.717) is 72.1 Å². The number of nitrogens with zero attached hydrogens (tertiary/aromatic N) is 4. The average Bonchev–Trinajstić information content (AvgIpc) is 3.40. The number of ether oxygens (including phenoxy) is 3. The van der Waals surface area contributed by atoms with Crippen molar-refractivity contribution in [2.75, 3.05) is 70.3 Å². The SMILES string of the molecule is CNc1cc(Nc2ccc(C(=O)N3CCC(N4CCOCC4)CC3)c3c2OCCO3)nc2[nH]cc(C#N)c12. The second kappa shape index (κ2) is 10.4. The number of hydrogen-bond acceptors (Lipinski definition) is 9. The lowest BCUT2D eigenvalue weighted by molar-refractivity contribution is 0.00152. The number of aromatic nitrogens is 2. The van der Waals surface area contributed by atoms with E-state index in [9.17, 15) is 10.1 Å². The maximum Gasteiger partial charge on any atom is 0.257 e. The zero-order valence-corrected chi connectivity index (χ0v) is 21.4. The van der Waals surface area contributed by atoms with Gasteiger partial charge in [0.1, 0.15) is 30.7 Å². The normalized spacial score (nSPS) is 18.3. The molecule has 1 aromatic carbocycles. The summed E-state index contributed by atoms with van der Waals surface area (Å²) in [6.07, 6.45) is 3.56. The van der Waals surface area contributed by atoms with E-state index in [2.05, 4.69) is 31.6 Å². The van der Waals surface area contributed by atoms with Crippen molar-refractivity contribution < 1.29 is 19.0 Å². The lowest BCUT2D eigenvalue weighted by Gasteiger charge is -2.40. The summed E-state index contributed by atoms with van der Waals surface area (Å²) in [5, 5.41) is 16.6. The number of amides is 1. The summed E-state index contributed by atoms with van der Waals surface area (Å²) in [6.45, 7) is 5.70. The molecule has 3 N–H and O–H groups in total. The Morgan fingerprint density at radius 1 is 1.08 bits per heavy atom. The summed E-state index contributed by atoms with van der Waals surface area (Å²) in [5.74, 6) is 1.49. The lowest BCUT2D eigenvalue weighted by atomic mass is 10.0. The minimum Gasteiger partial charge on any atom is -0.485 e. The van der Waals surface area contributed by atoms with Crippen LogP contribution < -0.4 is 20.1 Å². The molecule has 0 saturated carbocycles. The van der Waals surface area contributed by atoms with Crippen LogP contribution in [0.4, 0.5) is 17.2 Å². The Kier molecular flexibility index (Phi) is 6.66. The number of H-pyrrole nitrogens is 1. The van der Waals surface area contributed by atoms with Crippen molar-refractivity contribution in [1.82, 2.24) is 19.8 Å². The number of carbonyl (C=O) groups is 1. The van der Waals surface area contributed by atoms with E-state index in [-0.39, 0.29) is 5.91 Å². The number of likely N-dealkylation sites (tertiary alicyclic amines) is 1. The van der Waals surface area contributed by atoms with Gasteiger partial charge in [-0.2, -0.15) is 5.26 Å². The van der Waals surface area contributed by atoms with E-state index in [4.69, 9.17) is 14.2 Å². The van der Waals surface area contributed by atoms with Crippen molar-refractivity contribution >= 4 is 34.1 Å². The molecule has 2 fully saturated rings. The molecule has 11 nitrogen and oxygen atoms in total. The third-order valence-corrected chi connectivity index (χ3v) is 7.53. The summed E-state index contributed by atoms with van der Waals surface area (Å²) in [5.41, 5.74) is 3.05. The average molecular weight is 518 g/mol. The van der Waals surface area contributed by atoms with Crippen molar-refractivity contribution in [3.8, 4) is 17.6 Å². The van der Waals surface area contributed by atoms with Crippen molar-refractivity contribution in [3.63, 3.8) is 0 Å². The molecule has 0 atom stereocenters. The van der Waals surface area contributed by atoms with Gasteiger partial charge in [-0.1, -0.05) is 0 Å². The van der Waals surface area contributed by atoms with Crippen LogP contribution in [0.5, 0.6) is 11.5 Å². The van der Waals surface area contributed by atoms with E-state index in [0.717, 1.165) is 50.2 Å². The van der Waals surface area contributed by atoms with Crippen molar-refractivity contribution in [2.24, 2.45) is 0 Å². The summed E-state index contributed by atoms with van der Waals surface area (Å²) in [7, 11) is 1.80. The summed E-state index contributed by atoms with van der Waals surface area (Å²) < 4.78 is 17.5. The first-order chi connectivity index (χ1) is 18.7. The van der Waals surface area contributed by atoms with Crippen LogP contribution in [0.3, 0.4) is 0 Å². The monoisotopic (exact) mass is 517 g/mol. The van der Waals surface area contributed by atoms with Gasteiger partial charge in [0.15, 0.2) is 11.5 Å². The largest absolute Gasteiger partial charge is 0.485 e. The van der Waals surface area contributed by atoms with Gasteiger partial charge in [-0.25, -0.2) is 4.98 Å². The quantitative estimate of drug-likeness (QED) is 0.468. The number of piperidine rings is 1. The molecule has 5 heterocycles. The zero-order valence-electron chi connectivity index (χ0n) is 21.4. The van der Waals surface area contributed by atoms with Gasteiger partial charge < -0.3 is 34.7 Å². The van der Waals surface area contributed by atoms with Crippen LogP contribution in [0.1, 0.15) is 28.8 Å². The number of fused-ring (bicyclic) bond motifs is 2. The number of pyridine rings is 1. The van der Waals surface area contributed by atoms with Gasteiger partial charge in [0.05, 0.1) is 35.4 Å². The molecule has 11 heteroatoms. The Morgan fingerprint density at radius 3 is 2.58 bits per heavy atom. The van der Waals surface area contributed by atoms with Crippen LogP contribution in [-0.2, 0) is 4.74 Å². The second-order valence-electron chi connectivity index (χ2n) is 9.66. The molecule has 3 aliphatic heterocycles. The number of carbonyl (C=O) groups excluding carboxylic acids is 1. The molecule has 198 valence electrons. The number of anilines is 3. The standard InChI is InChI=1S/C27H31N7O4/c1-29-21-14-22(32-26-23(21)17(15-28)16-30-26)31-20-3-2-19(24-25(20)38-13-12-37-24)27(35)34-6-4-18(5-7-34)33-8-10-36-11-9-33/h2-3,14,16,18H,4-13H2,1H3,(H3,29,30,31,32). The molecule has 38 heavy (non-hydrogen) atoms. The minimum atomic E-state index is -0.0360. The number of rotatable bonds is 5. The highest BCUT2D eigenvalue weighted by Crippen LogP contribution is 2.43. The molecule has 2 aromatic heterocycles. The van der Waals surface area contributed by atoms with Crippen LogP contribution in [0, 0.1) is 11.3 Å². The smallest absolute Gasteiger partial charge is 0.257 e. The Balaban J connectivity index is 1.23. The first-order valence-electron chi connectivity index (χ1n) is 13.1. The van der Waals surface area contributed by atoms with Crippen LogP contribution in [0.25, 0.3) is 11.0 Å². The fourth-order valence-electron chi connectivity index (χ4n) is 5.57. The van der Waals surface area contributed by atoms with Crippen molar-refractivity contribution in [3.05, 3.63) is 35.5 Å². The molecule has 2 saturated heterocycles. The predicted molar refractivity (Wildman–Crippen MR) is 142 cm³/mol. The first kappa shape index (κ1) is 24.3. The summed E-state index contributed by atoms with van der Waals surface area (Å²) >= 11 is 0. The van der Waals surface area contributed by atoms with Crippen LogP contribution in [0.2, 0.25) is 0 Å². The third-order valence-electron chi connectivity index (χ3n) is 7.53. The van der Waals surface area contributed by atoms with E-state index < -0.39 is 0 Å². The topological polar surface area (TPSA) is 128 Å². The summed E-state index contributed by atoms with van der Waals surface area (Å²) in [6, 6.07) is 8.16. The Hall–Kier alpha value is -4.01. The predicted octanol–water partition coefficient (Wildman–Crippen LogP) is 2.93.